The van der Waals surface area contributed by atoms with Gasteiger partial charge in [-0.05, 0) is 92.1 Å². The number of aromatic nitrogens is 1. The highest BCUT2D eigenvalue weighted by Crippen LogP contribution is 2.32. The molecule has 0 radical (unpaired) electrons. The Balaban J connectivity index is 0.765. The maximum Gasteiger partial charge on any atom is 0.255 e. The number of amides is 6. The molecule has 3 saturated heterocycles. The number of piperazine rings is 1. The van der Waals surface area contributed by atoms with E-state index in [9.17, 15) is 28.8 Å². The first-order chi connectivity index (χ1) is 28.7. The van der Waals surface area contributed by atoms with Gasteiger partial charge in [-0.25, -0.2) is 0 Å². The van der Waals surface area contributed by atoms with Crippen LogP contribution in [0.25, 0.3) is 6.08 Å². The normalized spacial score (nSPS) is 18.6. The van der Waals surface area contributed by atoms with E-state index >= 15 is 0 Å². The van der Waals surface area contributed by atoms with Crippen molar-refractivity contribution in [2.24, 2.45) is 5.92 Å². The lowest BCUT2D eigenvalue weighted by atomic mass is 9.91. The molecule has 1 unspecified atom stereocenters. The molecule has 14 nitrogen and oxygen atoms in total. The van der Waals surface area contributed by atoms with E-state index in [4.69, 9.17) is 0 Å². The molecule has 3 aromatic rings. The molecule has 4 aliphatic heterocycles. The number of benzene rings is 2. The Morgan fingerprint density at radius 3 is 2.37 bits per heavy atom. The second kappa shape index (κ2) is 19.6. The van der Waals surface area contributed by atoms with Crippen molar-refractivity contribution >= 4 is 52.9 Å². The van der Waals surface area contributed by atoms with Gasteiger partial charge < -0.3 is 30.2 Å². The van der Waals surface area contributed by atoms with Crippen molar-refractivity contribution in [3.8, 4) is 0 Å². The highest BCUT2D eigenvalue weighted by molar-refractivity contribution is 6.06. The van der Waals surface area contributed by atoms with Gasteiger partial charge in [-0.2, -0.15) is 0 Å². The summed E-state index contributed by atoms with van der Waals surface area (Å²) in [6.45, 7) is 5.72. The number of carbonyl (C=O) groups is 6. The van der Waals surface area contributed by atoms with Crippen LogP contribution in [0, 0.1) is 5.92 Å². The summed E-state index contributed by atoms with van der Waals surface area (Å²) in [4.78, 5) is 87.4. The van der Waals surface area contributed by atoms with Gasteiger partial charge in [0.2, 0.25) is 23.6 Å². The molecule has 1 aromatic heterocycles. The van der Waals surface area contributed by atoms with Crippen LogP contribution in [0.2, 0.25) is 0 Å². The molecular weight excluding hydrogens is 749 g/mol. The molecule has 0 saturated carbocycles. The Morgan fingerprint density at radius 2 is 1.63 bits per heavy atom. The first-order valence-corrected chi connectivity index (χ1v) is 21.0. The minimum Gasteiger partial charge on any atom is -0.385 e. The molecule has 3 N–H and O–H groups in total. The minimum atomic E-state index is -0.661. The third-order valence-electron chi connectivity index (χ3n) is 11.9. The largest absolute Gasteiger partial charge is 0.385 e. The zero-order valence-electron chi connectivity index (χ0n) is 33.6. The van der Waals surface area contributed by atoms with Crippen molar-refractivity contribution in [2.45, 2.75) is 70.4 Å². The van der Waals surface area contributed by atoms with Gasteiger partial charge in [-0.15, -0.1) is 0 Å². The van der Waals surface area contributed by atoms with Crippen molar-refractivity contribution in [2.75, 3.05) is 62.6 Å². The molecule has 2 aromatic carbocycles. The summed E-state index contributed by atoms with van der Waals surface area (Å²) in [5.41, 5.74) is 4.84. The number of imide groups is 1. The number of anilines is 2. The number of hydrogen-bond donors (Lipinski definition) is 3. The van der Waals surface area contributed by atoms with Crippen molar-refractivity contribution in [1.29, 1.82) is 0 Å². The molecule has 59 heavy (non-hydrogen) atoms. The van der Waals surface area contributed by atoms with E-state index in [-0.39, 0.29) is 36.0 Å². The summed E-state index contributed by atoms with van der Waals surface area (Å²) in [5.74, 6) is -0.272. The highest BCUT2D eigenvalue weighted by Gasteiger charge is 2.40. The minimum absolute atomic E-state index is 0.0706. The van der Waals surface area contributed by atoms with Crippen molar-refractivity contribution in [3.63, 3.8) is 0 Å². The second-order valence-corrected chi connectivity index (χ2v) is 15.8. The van der Waals surface area contributed by atoms with E-state index in [1.807, 2.05) is 58.3 Å². The molecule has 0 bridgehead atoms. The van der Waals surface area contributed by atoms with Crippen LogP contribution in [0.4, 0.5) is 11.4 Å². The Kier molecular flexibility index (Phi) is 13.7. The topological polar surface area (TPSA) is 164 Å². The number of carbonyl (C=O) groups excluding carboxylic acids is 6. The molecule has 14 heteroatoms. The van der Waals surface area contributed by atoms with Crippen LogP contribution in [0.15, 0.2) is 73.1 Å². The molecule has 0 spiro atoms. The number of likely N-dealkylation sites (tertiary alicyclic amines) is 1. The number of unbranched alkanes of at least 4 members (excludes halogenated alkanes) is 1. The zero-order chi connectivity index (χ0) is 41.1. The molecule has 310 valence electrons. The smallest absolute Gasteiger partial charge is 0.255 e. The van der Waals surface area contributed by atoms with Crippen LogP contribution in [0.1, 0.15) is 89.6 Å². The predicted molar refractivity (Wildman–Crippen MR) is 224 cm³/mol. The van der Waals surface area contributed by atoms with Gasteiger partial charge in [0, 0.05) is 118 Å². The highest BCUT2D eigenvalue weighted by atomic mass is 16.2. The van der Waals surface area contributed by atoms with Gasteiger partial charge in [0.25, 0.3) is 11.8 Å². The predicted octanol–water partition coefficient (Wildman–Crippen LogP) is 4.24. The quantitative estimate of drug-likeness (QED) is 0.116. The Hall–Kier alpha value is -6.05. The Bertz CT molecular complexity index is 2020. The van der Waals surface area contributed by atoms with E-state index in [1.54, 1.807) is 35.5 Å². The van der Waals surface area contributed by atoms with Crippen LogP contribution in [-0.2, 0) is 25.7 Å². The summed E-state index contributed by atoms with van der Waals surface area (Å²) in [5, 5.41) is 8.69. The molecule has 7 rings (SSSR count). The van der Waals surface area contributed by atoms with Crippen LogP contribution in [-0.4, -0.2) is 114 Å². The fourth-order valence-corrected chi connectivity index (χ4v) is 8.48. The lowest BCUT2D eigenvalue weighted by Gasteiger charge is -2.36. The van der Waals surface area contributed by atoms with E-state index in [0.29, 0.717) is 82.1 Å². The fourth-order valence-electron chi connectivity index (χ4n) is 8.48. The van der Waals surface area contributed by atoms with Gasteiger partial charge in [-0.1, -0.05) is 25.0 Å². The van der Waals surface area contributed by atoms with E-state index < -0.39 is 11.9 Å². The standard InChI is InChI=1S/C45H54N8O6/c54-40(17-11-33-7-4-21-46-30-33)48-22-2-1-6-32-19-24-52(25-20-32)44(58)34-12-14-35(15-13-34)50-26-28-51(29-27-50)42(56)10-5-23-47-38-9-3-8-36-37(38)31-53(45(36)59)39-16-18-41(55)49-43(39)57/h3-4,7-9,11-15,17,21,30,32,39,47H,1-2,5-6,10,16,18-20,22-29,31H2,(H,48,54)(H,49,55,57)/b17-11+. The van der Waals surface area contributed by atoms with Crippen LogP contribution < -0.4 is 20.9 Å². The average molecular weight is 803 g/mol. The number of hydrogen-bond acceptors (Lipinski definition) is 9. The monoisotopic (exact) mass is 802 g/mol. The summed E-state index contributed by atoms with van der Waals surface area (Å²) >= 11 is 0. The molecule has 0 aliphatic carbocycles. The van der Waals surface area contributed by atoms with E-state index in [1.165, 1.54) is 0 Å². The first kappa shape index (κ1) is 41.1. The number of fused-ring (bicyclic) bond motifs is 1. The summed E-state index contributed by atoms with van der Waals surface area (Å²) in [7, 11) is 0. The SMILES string of the molecule is O=C(/C=C/c1cccnc1)NCCCCC1CCN(C(=O)c2ccc(N3CCN(C(=O)CCCNc4cccc5c4CN(C4CCC(=O)NC4=O)C5=O)CC3)cc2)CC1. The molecule has 5 heterocycles. The van der Waals surface area contributed by atoms with Gasteiger partial charge in [-0.3, -0.25) is 39.1 Å². The Morgan fingerprint density at radius 1 is 0.831 bits per heavy atom. The molecule has 1 atom stereocenters. The maximum absolute atomic E-state index is 13.3. The number of nitrogens with zero attached hydrogens (tertiary/aromatic N) is 5. The third kappa shape index (κ3) is 10.5. The van der Waals surface area contributed by atoms with Gasteiger partial charge in [0.1, 0.15) is 6.04 Å². The van der Waals surface area contributed by atoms with E-state index in [0.717, 1.165) is 67.7 Å². The summed E-state index contributed by atoms with van der Waals surface area (Å²) < 4.78 is 0. The van der Waals surface area contributed by atoms with Crippen molar-refractivity contribution in [1.82, 2.24) is 30.3 Å². The lowest BCUT2D eigenvalue weighted by Crippen LogP contribution is -2.52. The van der Waals surface area contributed by atoms with Gasteiger partial charge >= 0.3 is 0 Å². The van der Waals surface area contributed by atoms with Crippen LogP contribution in [0.3, 0.4) is 0 Å². The first-order valence-electron chi connectivity index (χ1n) is 21.0. The average Bonchev–Trinajstić information content (AvgIpc) is 3.60. The van der Waals surface area contributed by atoms with Gasteiger partial charge in [0.05, 0.1) is 0 Å². The van der Waals surface area contributed by atoms with E-state index in [2.05, 4.69) is 25.8 Å². The zero-order valence-corrected chi connectivity index (χ0v) is 33.6. The lowest BCUT2D eigenvalue weighted by molar-refractivity contribution is -0.137. The van der Waals surface area contributed by atoms with Crippen LogP contribution >= 0.6 is 0 Å². The second-order valence-electron chi connectivity index (χ2n) is 15.8. The maximum atomic E-state index is 13.3. The molecular formula is C45H54N8O6. The number of piperidine rings is 2. The van der Waals surface area contributed by atoms with Crippen molar-refractivity contribution < 1.29 is 28.8 Å². The number of pyridine rings is 1. The van der Waals surface area contributed by atoms with Gasteiger partial charge in [0.15, 0.2) is 0 Å². The number of nitrogens with one attached hydrogen (secondary N) is 3. The summed E-state index contributed by atoms with van der Waals surface area (Å²) in [6, 6.07) is 16.4. The van der Waals surface area contributed by atoms with Crippen LogP contribution in [0.5, 0.6) is 0 Å². The Labute approximate surface area is 345 Å². The van der Waals surface area contributed by atoms with Crippen molar-refractivity contribution in [3.05, 3.63) is 95.3 Å². The molecule has 4 aliphatic rings. The molecule has 3 fully saturated rings. The molecule has 6 amide bonds. The summed E-state index contributed by atoms with van der Waals surface area (Å²) in [6.07, 6.45) is 13.4. The fraction of sp³-hybridized carbons (Fsp3) is 0.444. The number of rotatable bonds is 15. The third-order valence-corrected chi connectivity index (χ3v) is 11.9.